The van der Waals surface area contributed by atoms with Gasteiger partial charge in [0, 0.05) is 22.4 Å². The lowest BCUT2D eigenvalue weighted by molar-refractivity contribution is 0.0309. The van der Waals surface area contributed by atoms with E-state index in [1.807, 2.05) is 6.07 Å². The highest BCUT2D eigenvalue weighted by molar-refractivity contribution is 9.10. The molecule has 1 unspecified atom stereocenters. The van der Waals surface area contributed by atoms with E-state index in [1.54, 1.807) is 37.4 Å². The molecule has 3 heterocycles. The first-order valence-electron chi connectivity index (χ1n) is 7.28. The van der Waals surface area contributed by atoms with Crippen LogP contribution in [0.2, 0.25) is 0 Å². The quantitative estimate of drug-likeness (QED) is 0.694. The summed E-state index contributed by atoms with van der Waals surface area (Å²) in [5.74, 6) is -0.226. The van der Waals surface area contributed by atoms with E-state index < -0.39 is 12.1 Å². The standard InChI is InChI=1S/C16H15BrN4O3/c1-8-6-13(22)20-15(18-8)10(3)24-16(23)14-9(2)19-12-5-4-11(17)7-21(12)14/h4-7,10H,1-3H3,(H,18,20,22). The number of imidazole rings is 1. The second kappa shape index (κ2) is 6.20. The number of carbonyl (C=O) groups excluding carboxylic acids is 1. The third-order valence-corrected chi connectivity index (χ3v) is 3.98. The predicted molar refractivity (Wildman–Crippen MR) is 91.1 cm³/mol. The van der Waals surface area contributed by atoms with Crippen LogP contribution >= 0.6 is 15.9 Å². The van der Waals surface area contributed by atoms with Crippen molar-refractivity contribution >= 4 is 27.5 Å². The van der Waals surface area contributed by atoms with Crippen LogP contribution in [0.5, 0.6) is 0 Å². The summed E-state index contributed by atoms with van der Waals surface area (Å²) in [5, 5.41) is 0. The van der Waals surface area contributed by atoms with E-state index >= 15 is 0 Å². The monoisotopic (exact) mass is 390 g/mol. The minimum Gasteiger partial charge on any atom is -0.450 e. The van der Waals surface area contributed by atoms with Crippen LogP contribution in [-0.2, 0) is 4.74 Å². The average Bonchev–Trinajstić information content (AvgIpc) is 2.81. The Hall–Kier alpha value is -2.48. The van der Waals surface area contributed by atoms with Crippen LogP contribution in [0.25, 0.3) is 5.65 Å². The van der Waals surface area contributed by atoms with Crippen LogP contribution in [0.4, 0.5) is 0 Å². The van der Waals surface area contributed by atoms with Gasteiger partial charge in [0.15, 0.2) is 11.8 Å². The van der Waals surface area contributed by atoms with Gasteiger partial charge in [-0.3, -0.25) is 9.20 Å². The zero-order valence-corrected chi connectivity index (χ0v) is 14.9. The van der Waals surface area contributed by atoms with Crippen LogP contribution in [0.3, 0.4) is 0 Å². The number of fused-ring (bicyclic) bond motifs is 1. The molecule has 0 amide bonds. The molecular weight excluding hydrogens is 376 g/mol. The van der Waals surface area contributed by atoms with Gasteiger partial charge in [-0.25, -0.2) is 14.8 Å². The van der Waals surface area contributed by atoms with E-state index in [9.17, 15) is 9.59 Å². The molecule has 24 heavy (non-hydrogen) atoms. The second-order valence-corrected chi connectivity index (χ2v) is 6.36. The fourth-order valence-electron chi connectivity index (χ4n) is 2.45. The molecule has 8 heteroatoms. The van der Waals surface area contributed by atoms with Crippen molar-refractivity contribution in [1.29, 1.82) is 0 Å². The molecule has 0 aromatic carbocycles. The number of carbonyl (C=O) groups is 1. The first kappa shape index (κ1) is 16.4. The number of rotatable bonds is 3. The van der Waals surface area contributed by atoms with Crippen LogP contribution in [0.15, 0.2) is 33.7 Å². The molecule has 7 nitrogen and oxygen atoms in total. The van der Waals surface area contributed by atoms with Gasteiger partial charge in [-0.05, 0) is 48.8 Å². The van der Waals surface area contributed by atoms with E-state index in [2.05, 4.69) is 30.9 Å². The fraction of sp³-hybridized carbons (Fsp3) is 0.250. The van der Waals surface area contributed by atoms with Crippen LogP contribution in [0, 0.1) is 13.8 Å². The first-order chi connectivity index (χ1) is 11.3. The van der Waals surface area contributed by atoms with Crippen LogP contribution in [-0.4, -0.2) is 25.3 Å². The van der Waals surface area contributed by atoms with Crippen LogP contribution < -0.4 is 5.56 Å². The Balaban J connectivity index is 1.93. The molecule has 3 aromatic rings. The topological polar surface area (TPSA) is 89.4 Å². The van der Waals surface area contributed by atoms with Gasteiger partial charge in [0.2, 0.25) is 0 Å². The number of halogens is 1. The summed E-state index contributed by atoms with van der Waals surface area (Å²) in [4.78, 5) is 35.3. The summed E-state index contributed by atoms with van der Waals surface area (Å²) >= 11 is 3.38. The zero-order valence-electron chi connectivity index (χ0n) is 13.3. The third-order valence-electron chi connectivity index (χ3n) is 3.51. The summed E-state index contributed by atoms with van der Waals surface area (Å²) in [6.45, 7) is 5.11. The first-order valence-corrected chi connectivity index (χ1v) is 8.07. The van der Waals surface area contributed by atoms with E-state index in [1.165, 1.54) is 6.07 Å². The number of ether oxygens (including phenoxy) is 1. The molecule has 3 rings (SSSR count). The van der Waals surface area contributed by atoms with Crippen molar-refractivity contribution in [3.63, 3.8) is 0 Å². The number of nitrogens with zero attached hydrogens (tertiary/aromatic N) is 3. The normalized spacial score (nSPS) is 12.3. The van der Waals surface area contributed by atoms with Crippen molar-refractivity contribution < 1.29 is 9.53 Å². The number of hydrogen-bond acceptors (Lipinski definition) is 5. The number of H-pyrrole nitrogens is 1. The molecule has 0 aliphatic heterocycles. The number of aromatic amines is 1. The Morgan fingerprint density at radius 1 is 1.33 bits per heavy atom. The van der Waals surface area contributed by atoms with Gasteiger partial charge in [0.1, 0.15) is 11.5 Å². The maximum Gasteiger partial charge on any atom is 0.357 e. The van der Waals surface area contributed by atoms with Gasteiger partial charge in [-0.2, -0.15) is 0 Å². The fourth-order valence-corrected chi connectivity index (χ4v) is 2.79. The summed E-state index contributed by atoms with van der Waals surface area (Å²) in [6.07, 6.45) is 1.06. The van der Waals surface area contributed by atoms with Gasteiger partial charge in [0.25, 0.3) is 5.56 Å². The largest absolute Gasteiger partial charge is 0.450 e. The minimum atomic E-state index is -0.692. The number of hydrogen-bond donors (Lipinski definition) is 1. The Labute approximate surface area is 145 Å². The van der Waals surface area contributed by atoms with E-state index in [4.69, 9.17) is 4.74 Å². The summed E-state index contributed by atoms with van der Waals surface area (Å²) in [6, 6.07) is 5.03. The lowest BCUT2D eigenvalue weighted by Gasteiger charge is -2.13. The molecule has 0 aliphatic rings. The van der Waals surface area contributed by atoms with Gasteiger partial charge < -0.3 is 9.72 Å². The summed E-state index contributed by atoms with van der Waals surface area (Å²) in [5.41, 5.74) is 1.84. The number of aryl methyl sites for hydroxylation is 2. The highest BCUT2D eigenvalue weighted by Crippen LogP contribution is 2.20. The van der Waals surface area contributed by atoms with E-state index in [0.29, 0.717) is 28.6 Å². The number of nitrogens with one attached hydrogen (secondary N) is 1. The van der Waals surface area contributed by atoms with Gasteiger partial charge in [0.05, 0.1) is 5.69 Å². The molecule has 0 saturated carbocycles. The third kappa shape index (κ3) is 3.09. The van der Waals surface area contributed by atoms with Gasteiger partial charge in [-0.1, -0.05) is 0 Å². The number of aromatic nitrogens is 4. The zero-order chi connectivity index (χ0) is 17.4. The maximum absolute atomic E-state index is 12.6. The Morgan fingerprint density at radius 3 is 2.79 bits per heavy atom. The Morgan fingerprint density at radius 2 is 2.08 bits per heavy atom. The van der Waals surface area contributed by atoms with Gasteiger partial charge in [-0.15, -0.1) is 0 Å². The molecule has 0 bridgehead atoms. The molecule has 3 aromatic heterocycles. The molecule has 0 radical (unpaired) electrons. The Bertz CT molecular complexity index is 993. The predicted octanol–water partition coefficient (Wildman–Crippen LogP) is 2.71. The molecule has 124 valence electrons. The highest BCUT2D eigenvalue weighted by atomic mass is 79.9. The van der Waals surface area contributed by atoms with Crippen LogP contribution in [0.1, 0.15) is 40.7 Å². The number of esters is 1. The number of pyridine rings is 1. The van der Waals surface area contributed by atoms with E-state index in [-0.39, 0.29) is 5.56 Å². The smallest absolute Gasteiger partial charge is 0.357 e. The summed E-state index contributed by atoms with van der Waals surface area (Å²) < 4.78 is 7.96. The molecule has 1 N–H and O–H groups in total. The lowest BCUT2D eigenvalue weighted by Crippen LogP contribution is -2.18. The van der Waals surface area contributed by atoms with Crippen molar-refractivity contribution in [2.24, 2.45) is 0 Å². The lowest BCUT2D eigenvalue weighted by atomic mass is 10.3. The minimum absolute atomic E-state index is 0.282. The highest BCUT2D eigenvalue weighted by Gasteiger charge is 2.22. The van der Waals surface area contributed by atoms with Crippen molar-refractivity contribution in [3.8, 4) is 0 Å². The molecule has 1 atom stereocenters. The van der Waals surface area contributed by atoms with Crippen molar-refractivity contribution in [2.75, 3.05) is 0 Å². The van der Waals surface area contributed by atoms with Crippen molar-refractivity contribution in [2.45, 2.75) is 26.9 Å². The molecular formula is C16H15BrN4O3. The maximum atomic E-state index is 12.6. The SMILES string of the molecule is Cc1cc(=O)[nH]c(C(C)OC(=O)c2c(C)nc3ccc(Br)cn23)n1. The van der Waals surface area contributed by atoms with Crippen molar-refractivity contribution in [3.05, 3.63) is 62.1 Å². The summed E-state index contributed by atoms with van der Waals surface area (Å²) in [7, 11) is 0. The van der Waals surface area contributed by atoms with E-state index in [0.717, 1.165) is 4.47 Å². The second-order valence-electron chi connectivity index (χ2n) is 5.44. The molecule has 0 saturated heterocycles. The van der Waals surface area contributed by atoms with Gasteiger partial charge >= 0.3 is 5.97 Å². The molecule has 0 spiro atoms. The molecule has 0 fully saturated rings. The molecule has 0 aliphatic carbocycles. The van der Waals surface area contributed by atoms with Crippen molar-refractivity contribution in [1.82, 2.24) is 19.4 Å². The average molecular weight is 391 g/mol. The Kier molecular flexibility index (Phi) is 4.23.